The van der Waals surface area contributed by atoms with Crippen molar-refractivity contribution in [2.24, 2.45) is 0 Å². The zero-order valence-corrected chi connectivity index (χ0v) is 8.04. The summed E-state index contributed by atoms with van der Waals surface area (Å²) in [6, 6.07) is 2.27. The molecule has 1 aliphatic heterocycles. The summed E-state index contributed by atoms with van der Waals surface area (Å²) >= 11 is 0. The van der Waals surface area contributed by atoms with E-state index in [1.807, 2.05) is 0 Å². The van der Waals surface area contributed by atoms with Crippen LogP contribution in [0.5, 0.6) is 0 Å². The molecule has 1 aromatic heterocycles. The van der Waals surface area contributed by atoms with Crippen LogP contribution < -0.4 is 0 Å². The number of nitrogens with zero attached hydrogens (tertiary/aromatic N) is 2. The molecule has 2 heterocycles. The second-order valence-corrected chi connectivity index (χ2v) is 4.06. The van der Waals surface area contributed by atoms with E-state index in [4.69, 9.17) is 0 Å². The van der Waals surface area contributed by atoms with Crippen LogP contribution in [0.15, 0.2) is 6.07 Å². The predicted octanol–water partition coefficient (Wildman–Crippen LogP) is 2.51. The highest BCUT2D eigenvalue weighted by atomic mass is 15.3. The summed E-state index contributed by atoms with van der Waals surface area (Å²) in [5.74, 6) is 1.28. The molecule has 0 N–H and O–H groups in total. The quantitative estimate of drug-likeness (QED) is 0.623. The molecule has 2 rings (SSSR count). The van der Waals surface area contributed by atoms with Crippen LogP contribution in [0, 0.1) is 0 Å². The summed E-state index contributed by atoms with van der Waals surface area (Å²) in [4.78, 5) is 0. The van der Waals surface area contributed by atoms with Crippen LogP contribution in [0.2, 0.25) is 0 Å². The van der Waals surface area contributed by atoms with Crippen molar-refractivity contribution in [3.8, 4) is 0 Å². The van der Waals surface area contributed by atoms with Crippen molar-refractivity contribution in [3.63, 3.8) is 0 Å². The largest absolute Gasteiger partial charge is 0.269 e. The Morgan fingerprint density at radius 1 is 1.58 bits per heavy atom. The zero-order chi connectivity index (χ0) is 8.72. The van der Waals surface area contributed by atoms with E-state index in [-0.39, 0.29) is 0 Å². The minimum Gasteiger partial charge on any atom is -0.269 e. The Morgan fingerprint density at radius 3 is 2.92 bits per heavy atom. The highest BCUT2D eigenvalue weighted by molar-refractivity contribution is 5.19. The molecular weight excluding hydrogens is 148 g/mol. The van der Waals surface area contributed by atoms with Crippen LogP contribution in [0.25, 0.3) is 0 Å². The molecule has 0 saturated heterocycles. The summed E-state index contributed by atoms with van der Waals surface area (Å²) in [5.41, 5.74) is 2.68. The van der Waals surface area contributed by atoms with E-state index >= 15 is 0 Å². The molecule has 0 aliphatic carbocycles. The van der Waals surface area contributed by atoms with Gasteiger partial charge >= 0.3 is 0 Å². The average Bonchev–Trinajstić information content (AvgIpc) is 2.53. The molecular formula is C10H16N2. The fourth-order valence-corrected chi connectivity index (χ4v) is 1.77. The maximum absolute atomic E-state index is 4.56. The molecule has 2 nitrogen and oxygen atoms in total. The molecule has 0 fully saturated rings. The summed E-state index contributed by atoms with van der Waals surface area (Å²) in [6.07, 6.45) is 1.26. The standard InChI is InChI=1S/C10H16N2/c1-7(2)9-6-10-8(3)4-5-12(10)11-9/h6-8H,4-5H2,1-3H3. The summed E-state index contributed by atoms with van der Waals surface area (Å²) in [6.45, 7) is 7.79. The minimum absolute atomic E-state index is 0.565. The number of aromatic nitrogens is 2. The van der Waals surface area contributed by atoms with Gasteiger partial charge < -0.3 is 0 Å². The van der Waals surface area contributed by atoms with Crippen molar-refractivity contribution in [2.45, 2.75) is 45.6 Å². The van der Waals surface area contributed by atoms with E-state index in [0.29, 0.717) is 11.8 Å². The lowest BCUT2D eigenvalue weighted by Crippen LogP contribution is -1.96. The third-order valence-electron chi connectivity index (χ3n) is 2.70. The first-order valence-electron chi connectivity index (χ1n) is 4.76. The average molecular weight is 164 g/mol. The Morgan fingerprint density at radius 2 is 2.33 bits per heavy atom. The van der Waals surface area contributed by atoms with E-state index in [2.05, 4.69) is 36.6 Å². The third-order valence-corrected chi connectivity index (χ3v) is 2.70. The summed E-state index contributed by atoms with van der Waals surface area (Å²) < 4.78 is 2.17. The topological polar surface area (TPSA) is 17.8 Å². The zero-order valence-electron chi connectivity index (χ0n) is 8.04. The van der Waals surface area contributed by atoms with E-state index in [0.717, 1.165) is 6.54 Å². The highest BCUT2D eigenvalue weighted by Gasteiger charge is 2.21. The number of hydrogen-bond acceptors (Lipinski definition) is 1. The Bertz CT molecular complexity index is 286. The van der Waals surface area contributed by atoms with E-state index < -0.39 is 0 Å². The predicted molar refractivity (Wildman–Crippen MR) is 49.3 cm³/mol. The van der Waals surface area contributed by atoms with Crippen LogP contribution >= 0.6 is 0 Å². The maximum Gasteiger partial charge on any atom is 0.0652 e. The van der Waals surface area contributed by atoms with Crippen LogP contribution in [0.4, 0.5) is 0 Å². The third kappa shape index (κ3) is 1.06. The van der Waals surface area contributed by atoms with Crippen LogP contribution in [-0.2, 0) is 6.54 Å². The molecule has 0 bridgehead atoms. The molecule has 0 radical (unpaired) electrons. The molecule has 2 heteroatoms. The molecule has 0 spiro atoms. The molecule has 0 saturated carbocycles. The van der Waals surface area contributed by atoms with Gasteiger partial charge in [0.05, 0.1) is 5.69 Å². The normalized spacial score (nSPS) is 21.8. The van der Waals surface area contributed by atoms with Crippen molar-refractivity contribution in [3.05, 3.63) is 17.5 Å². The molecule has 0 amide bonds. The molecule has 12 heavy (non-hydrogen) atoms. The first-order valence-corrected chi connectivity index (χ1v) is 4.76. The first kappa shape index (κ1) is 7.84. The monoisotopic (exact) mass is 164 g/mol. The van der Waals surface area contributed by atoms with Gasteiger partial charge in [0.15, 0.2) is 0 Å². The second kappa shape index (κ2) is 2.61. The van der Waals surface area contributed by atoms with Gasteiger partial charge in [0.25, 0.3) is 0 Å². The summed E-state index contributed by atoms with van der Waals surface area (Å²) in [5, 5.41) is 4.56. The van der Waals surface area contributed by atoms with Crippen LogP contribution in [0.3, 0.4) is 0 Å². The van der Waals surface area contributed by atoms with Gasteiger partial charge in [-0.25, -0.2) is 0 Å². The Labute approximate surface area is 73.6 Å². The van der Waals surface area contributed by atoms with Crippen molar-refractivity contribution in [1.82, 2.24) is 9.78 Å². The molecule has 1 unspecified atom stereocenters. The van der Waals surface area contributed by atoms with Gasteiger partial charge in [0.2, 0.25) is 0 Å². The Balaban J connectivity index is 2.36. The fraction of sp³-hybridized carbons (Fsp3) is 0.700. The highest BCUT2D eigenvalue weighted by Crippen LogP contribution is 2.29. The molecule has 1 aliphatic rings. The van der Waals surface area contributed by atoms with E-state index in [9.17, 15) is 0 Å². The van der Waals surface area contributed by atoms with Crippen molar-refractivity contribution in [1.29, 1.82) is 0 Å². The lowest BCUT2D eigenvalue weighted by Gasteiger charge is -1.99. The van der Waals surface area contributed by atoms with Crippen LogP contribution in [0.1, 0.15) is 50.4 Å². The molecule has 66 valence electrons. The van der Waals surface area contributed by atoms with Gasteiger partial charge in [-0.05, 0) is 24.3 Å². The van der Waals surface area contributed by atoms with Crippen molar-refractivity contribution in [2.75, 3.05) is 0 Å². The van der Waals surface area contributed by atoms with Gasteiger partial charge in [-0.15, -0.1) is 0 Å². The maximum atomic E-state index is 4.56. The molecule has 1 aromatic rings. The SMILES string of the molecule is CC(C)c1cc2n(n1)CCC2C. The Hall–Kier alpha value is -0.790. The number of rotatable bonds is 1. The fourth-order valence-electron chi connectivity index (χ4n) is 1.77. The Kier molecular flexibility index (Phi) is 1.71. The van der Waals surface area contributed by atoms with Crippen molar-refractivity contribution < 1.29 is 0 Å². The minimum atomic E-state index is 0.565. The lowest BCUT2D eigenvalue weighted by molar-refractivity contribution is 0.622. The number of aryl methyl sites for hydroxylation is 1. The smallest absolute Gasteiger partial charge is 0.0652 e. The summed E-state index contributed by atoms with van der Waals surface area (Å²) in [7, 11) is 0. The van der Waals surface area contributed by atoms with Gasteiger partial charge in [-0.2, -0.15) is 5.10 Å². The number of hydrogen-bond donors (Lipinski definition) is 0. The molecule has 0 aromatic carbocycles. The van der Waals surface area contributed by atoms with E-state index in [1.165, 1.54) is 17.8 Å². The lowest BCUT2D eigenvalue weighted by atomic mass is 10.1. The first-order chi connectivity index (χ1) is 5.68. The van der Waals surface area contributed by atoms with Gasteiger partial charge in [0.1, 0.15) is 0 Å². The van der Waals surface area contributed by atoms with E-state index in [1.54, 1.807) is 0 Å². The number of fused-ring (bicyclic) bond motifs is 1. The van der Waals surface area contributed by atoms with Gasteiger partial charge in [0, 0.05) is 12.2 Å². The van der Waals surface area contributed by atoms with Crippen LogP contribution in [-0.4, -0.2) is 9.78 Å². The van der Waals surface area contributed by atoms with Gasteiger partial charge in [-0.3, -0.25) is 4.68 Å². The van der Waals surface area contributed by atoms with Gasteiger partial charge in [-0.1, -0.05) is 20.8 Å². The molecule has 1 atom stereocenters. The second-order valence-electron chi connectivity index (χ2n) is 4.06. The van der Waals surface area contributed by atoms with Crippen molar-refractivity contribution >= 4 is 0 Å².